The highest BCUT2D eigenvalue weighted by atomic mass is 16.5. The van der Waals surface area contributed by atoms with Crippen molar-refractivity contribution in [2.45, 2.75) is 26.9 Å². The lowest BCUT2D eigenvalue weighted by molar-refractivity contribution is -0.143. The Morgan fingerprint density at radius 2 is 1.69 bits per heavy atom. The molecule has 1 fully saturated rings. The number of benzene rings is 1. The van der Waals surface area contributed by atoms with Crippen molar-refractivity contribution in [3.05, 3.63) is 42.1 Å². The molecule has 0 aliphatic carbocycles. The van der Waals surface area contributed by atoms with Gasteiger partial charge >= 0.3 is 0 Å². The van der Waals surface area contributed by atoms with Gasteiger partial charge in [0.2, 0.25) is 11.8 Å². The lowest BCUT2D eigenvalue weighted by Gasteiger charge is -2.35. The van der Waals surface area contributed by atoms with E-state index >= 15 is 0 Å². The maximum Gasteiger partial charge on any atom is 0.263 e. The van der Waals surface area contributed by atoms with Crippen LogP contribution in [0.1, 0.15) is 19.4 Å². The Labute approximate surface area is 153 Å². The number of hydrogen-bond donors (Lipinski definition) is 0. The minimum absolute atomic E-state index is 0.0449. The molecular weight excluding hydrogens is 332 g/mol. The summed E-state index contributed by atoms with van der Waals surface area (Å²) in [4.78, 5) is 27.5. The van der Waals surface area contributed by atoms with Gasteiger partial charge in [-0.15, -0.1) is 5.10 Å². The van der Waals surface area contributed by atoms with Crippen molar-refractivity contribution in [3.8, 4) is 11.6 Å². The van der Waals surface area contributed by atoms with E-state index in [4.69, 9.17) is 4.74 Å². The molecule has 0 saturated carbocycles. The molecule has 1 aromatic carbocycles. The number of piperazine rings is 1. The highest BCUT2D eigenvalue weighted by Gasteiger charge is 2.27. The van der Waals surface area contributed by atoms with E-state index in [1.807, 2.05) is 43.5 Å². The summed E-state index contributed by atoms with van der Waals surface area (Å²) < 4.78 is 7.58. The van der Waals surface area contributed by atoms with E-state index in [1.165, 1.54) is 0 Å². The second-order valence-electron chi connectivity index (χ2n) is 6.49. The largest absolute Gasteiger partial charge is 0.463 e. The number of carbonyl (C=O) groups excluding carboxylic acids is 2. The van der Waals surface area contributed by atoms with Crippen molar-refractivity contribution in [2.24, 2.45) is 0 Å². The Bertz CT molecular complexity index is 779. The Hall–Kier alpha value is -2.83. The molecule has 7 heteroatoms. The van der Waals surface area contributed by atoms with Crippen LogP contribution in [0.15, 0.2) is 36.5 Å². The molecule has 1 aliphatic heterocycles. The third kappa shape index (κ3) is 3.87. The van der Waals surface area contributed by atoms with Gasteiger partial charge in [0.15, 0.2) is 6.10 Å². The summed E-state index contributed by atoms with van der Waals surface area (Å²) in [5.74, 6) is 0.419. The van der Waals surface area contributed by atoms with Gasteiger partial charge in [0, 0.05) is 44.9 Å². The summed E-state index contributed by atoms with van der Waals surface area (Å²) in [6.07, 6.45) is 1.25. The second-order valence-corrected chi connectivity index (χ2v) is 6.49. The second kappa shape index (κ2) is 7.59. The number of aryl methyl sites for hydroxylation is 1. The van der Waals surface area contributed by atoms with Crippen LogP contribution < -0.4 is 4.74 Å². The third-order valence-corrected chi connectivity index (χ3v) is 4.55. The highest BCUT2D eigenvalue weighted by Crippen LogP contribution is 2.19. The van der Waals surface area contributed by atoms with Crippen LogP contribution in [0.5, 0.6) is 5.88 Å². The Morgan fingerprint density at radius 1 is 1.08 bits per heavy atom. The number of nitrogens with zero attached hydrogens (tertiary/aromatic N) is 4. The van der Waals surface area contributed by atoms with Crippen LogP contribution in [-0.2, 0) is 9.59 Å². The lowest BCUT2D eigenvalue weighted by atomic mass is 10.2. The zero-order valence-corrected chi connectivity index (χ0v) is 15.4. The molecule has 3 rings (SSSR count). The topological polar surface area (TPSA) is 67.7 Å². The van der Waals surface area contributed by atoms with E-state index in [-0.39, 0.29) is 11.8 Å². The van der Waals surface area contributed by atoms with Gasteiger partial charge in [0.25, 0.3) is 5.91 Å². The predicted molar refractivity (Wildman–Crippen MR) is 97.2 cm³/mol. The maximum absolute atomic E-state index is 12.6. The van der Waals surface area contributed by atoms with E-state index in [0.29, 0.717) is 32.1 Å². The summed E-state index contributed by atoms with van der Waals surface area (Å²) in [6, 6.07) is 9.75. The molecule has 0 unspecified atom stereocenters. The van der Waals surface area contributed by atoms with Crippen LogP contribution in [0.4, 0.5) is 0 Å². The zero-order chi connectivity index (χ0) is 18.7. The summed E-state index contributed by atoms with van der Waals surface area (Å²) in [5.41, 5.74) is 1.81. The molecule has 1 aliphatic rings. The van der Waals surface area contributed by atoms with Gasteiger partial charge in [-0.2, -0.15) is 0 Å². The highest BCUT2D eigenvalue weighted by molar-refractivity contribution is 5.81. The van der Waals surface area contributed by atoms with Crippen LogP contribution in [0.3, 0.4) is 0 Å². The Morgan fingerprint density at radius 3 is 2.31 bits per heavy atom. The molecule has 0 N–H and O–H groups in total. The van der Waals surface area contributed by atoms with Gasteiger partial charge in [0.1, 0.15) is 0 Å². The van der Waals surface area contributed by atoms with E-state index < -0.39 is 6.10 Å². The van der Waals surface area contributed by atoms with Crippen LogP contribution in [0.2, 0.25) is 0 Å². The van der Waals surface area contributed by atoms with Gasteiger partial charge in [0.05, 0.1) is 5.69 Å². The quantitative estimate of drug-likeness (QED) is 0.835. The van der Waals surface area contributed by atoms with Crippen LogP contribution in [-0.4, -0.2) is 63.7 Å². The molecular formula is C19H24N4O3. The SMILES string of the molecule is CC(=O)N1CCN(C(=O)[C@@H](C)Oc2nn(-c3ccccc3)cc2C)CC1. The average Bonchev–Trinajstić information content (AvgIpc) is 3.02. The molecule has 26 heavy (non-hydrogen) atoms. The molecule has 0 spiro atoms. The number of hydrogen-bond acceptors (Lipinski definition) is 4. The fourth-order valence-corrected chi connectivity index (χ4v) is 2.99. The van der Waals surface area contributed by atoms with Gasteiger partial charge < -0.3 is 14.5 Å². The number of ether oxygens (including phenoxy) is 1. The van der Waals surface area contributed by atoms with E-state index in [1.54, 1.807) is 28.3 Å². The van der Waals surface area contributed by atoms with Gasteiger partial charge in [-0.05, 0) is 26.0 Å². The first-order valence-corrected chi connectivity index (χ1v) is 8.78. The molecule has 1 atom stereocenters. The van der Waals surface area contributed by atoms with Gasteiger partial charge in [-0.25, -0.2) is 4.68 Å². The molecule has 0 radical (unpaired) electrons. The molecule has 1 aromatic heterocycles. The normalized spacial score (nSPS) is 15.7. The first kappa shape index (κ1) is 18.0. The van der Waals surface area contributed by atoms with Crippen LogP contribution >= 0.6 is 0 Å². The Balaban J connectivity index is 1.63. The lowest BCUT2D eigenvalue weighted by Crippen LogP contribution is -2.52. The maximum atomic E-state index is 12.6. The van der Waals surface area contributed by atoms with Crippen LogP contribution in [0, 0.1) is 6.92 Å². The molecule has 2 aromatic rings. The molecule has 7 nitrogen and oxygen atoms in total. The monoisotopic (exact) mass is 356 g/mol. The third-order valence-electron chi connectivity index (χ3n) is 4.55. The number of amides is 2. The molecule has 2 heterocycles. The molecule has 2 amide bonds. The fourth-order valence-electron chi connectivity index (χ4n) is 2.99. The van der Waals surface area contributed by atoms with E-state index in [2.05, 4.69) is 5.10 Å². The predicted octanol–water partition coefficient (Wildman–Crippen LogP) is 1.64. The van der Waals surface area contributed by atoms with Crippen molar-refractivity contribution < 1.29 is 14.3 Å². The Kier molecular flexibility index (Phi) is 5.25. The standard InChI is InChI=1S/C19H24N4O3/c1-14-13-23(17-7-5-4-6-8-17)20-18(14)26-15(2)19(25)22-11-9-21(10-12-22)16(3)24/h4-8,13,15H,9-12H2,1-3H3/t15-/m1/s1. The first-order valence-electron chi connectivity index (χ1n) is 8.78. The smallest absolute Gasteiger partial charge is 0.263 e. The van der Waals surface area contributed by atoms with Gasteiger partial charge in [-0.3, -0.25) is 9.59 Å². The summed E-state index contributed by atoms with van der Waals surface area (Å²) >= 11 is 0. The van der Waals surface area contributed by atoms with Crippen molar-refractivity contribution >= 4 is 11.8 Å². The van der Waals surface area contributed by atoms with E-state index in [0.717, 1.165) is 11.3 Å². The van der Waals surface area contributed by atoms with Crippen molar-refractivity contribution in [1.82, 2.24) is 19.6 Å². The number of aromatic nitrogens is 2. The van der Waals surface area contributed by atoms with Crippen LogP contribution in [0.25, 0.3) is 5.69 Å². The van der Waals surface area contributed by atoms with Gasteiger partial charge in [-0.1, -0.05) is 18.2 Å². The fraction of sp³-hybridized carbons (Fsp3) is 0.421. The van der Waals surface area contributed by atoms with Crippen molar-refractivity contribution in [2.75, 3.05) is 26.2 Å². The minimum atomic E-state index is -0.628. The van der Waals surface area contributed by atoms with Crippen molar-refractivity contribution in [1.29, 1.82) is 0 Å². The minimum Gasteiger partial charge on any atom is -0.463 e. The number of para-hydroxylation sites is 1. The molecule has 0 bridgehead atoms. The zero-order valence-electron chi connectivity index (χ0n) is 15.4. The van der Waals surface area contributed by atoms with Crippen molar-refractivity contribution in [3.63, 3.8) is 0 Å². The summed E-state index contributed by atoms with van der Waals surface area (Å²) in [7, 11) is 0. The molecule has 1 saturated heterocycles. The summed E-state index contributed by atoms with van der Waals surface area (Å²) in [5, 5.41) is 4.45. The first-order chi connectivity index (χ1) is 12.5. The molecule has 138 valence electrons. The number of carbonyl (C=O) groups is 2. The number of rotatable bonds is 4. The summed E-state index contributed by atoms with van der Waals surface area (Å²) in [6.45, 7) is 7.39. The van der Waals surface area contributed by atoms with E-state index in [9.17, 15) is 9.59 Å². The average molecular weight is 356 g/mol.